The van der Waals surface area contributed by atoms with E-state index in [4.69, 9.17) is 4.74 Å². The Bertz CT molecular complexity index is 1550. The maximum atomic E-state index is 13.7. The summed E-state index contributed by atoms with van der Waals surface area (Å²) in [6.45, 7) is 4.44. The molecular formula is C28H30N4O4S2. The van der Waals surface area contributed by atoms with Crippen molar-refractivity contribution in [2.45, 2.75) is 31.6 Å². The number of hydrogen-bond donors (Lipinski definition) is 0. The van der Waals surface area contributed by atoms with E-state index in [2.05, 4.69) is 10.1 Å². The molecule has 0 saturated heterocycles. The summed E-state index contributed by atoms with van der Waals surface area (Å²) in [6, 6.07) is 19.2. The van der Waals surface area contributed by atoms with Crippen molar-refractivity contribution in [2.75, 3.05) is 25.7 Å². The summed E-state index contributed by atoms with van der Waals surface area (Å²) in [4.78, 5) is 18.4. The molecule has 0 aliphatic carbocycles. The molecule has 0 aliphatic rings. The van der Waals surface area contributed by atoms with E-state index in [9.17, 15) is 13.2 Å². The molecule has 198 valence electrons. The van der Waals surface area contributed by atoms with E-state index in [1.54, 1.807) is 20.4 Å². The van der Waals surface area contributed by atoms with Crippen molar-refractivity contribution in [1.82, 2.24) is 9.29 Å². The minimum Gasteiger partial charge on any atom is -0.497 e. The van der Waals surface area contributed by atoms with Crippen LogP contribution < -0.4 is 9.75 Å². The number of nitrogens with zero attached hydrogens (tertiary/aromatic N) is 4. The Morgan fingerprint density at radius 2 is 1.79 bits per heavy atom. The number of methoxy groups -OCH3 is 1. The van der Waals surface area contributed by atoms with Crippen molar-refractivity contribution in [3.8, 4) is 5.75 Å². The summed E-state index contributed by atoms with van der Waals surface area (Å²) >= 11 is 1.31. The SMILES string of the molecule is CCCCN(C)S(=O)(=O)c1ccc(C(=O)N(/N=C/c2ccc(C)cc2)c2nc3ccc(OC)cc3s2)cc1. The summed E-state index contributed by atoms with van der Waals surface area (Å²) in [5, 5.41) is 6.12. The lowest BCUT2D eigenvalue weighted by Crippen LogP contribution is -2.28. The molecule has 0 bridgehead atoms. The van der Waals surface area contributed by atoms with Gasteiger partial charge in [-0.25, -0.2) is 17.7 Å². The molecule has 0 aliphatic heterocycles. The van der Waals surface area contributed by atoms with Gasteiger partial charge in [0.05, 0.1) is 28.4 Å². The highest BCUT2D eigenvalue weighted by Gasteiger charge is 2.24. The first-order valence-electron chi connectivity index (χ1n) is 12.2. The van der Waals surface area contributed by atoms with Gasteiger partial charge in [-0.2, -0.15) is 10.1 Å². The minimum atomic E-state index is -3.64. The highest BCUT2D eigenvalue weighted by atomic mass is 32.2. The summed E-state index contributed by atoms with van der Waals surface area (Å²) in [6.07, 6.45) is 3.27. The van der Waals surface area contributed by atoms with Gasteiger partial charge >= 0.3 is 0 Å². The molecule has 3 aromatic carbocycles. The van der Waals surface area contributed by atoms with Crippen LogP contribution >= 0.6 is 11.3 Å². The Morgan fingerprint density at radius 1 is 1.08 bits per heavy atom. The van der Waals surface area contributed by atoms with Crippen LogP contribution in [0.1, 0.15) is 41.3 Å². The monoisotopic (exact) mass is 550 g/mol. The third-order valence-corrected chi connectivity index (χ3v) is 8.86. The largest absolute Gasteiger partial charge is 0.497 e. The number of anilines is 1. The maximum absolute atomic E-state index is 13.7. The van der Waals surface area contributed by atoms with Gasteiger partial charge in [0.1, 0.15) is 5.75 Å². The fourth-order valence-electron chi connectivity index (χ4n) is 3.65. The number of hydrogen-bond acceptors (Lipinski definition) is 7. The van der Waals surface area contributed by atoms with Crippen LogP contribution in [0, 0.1) is 6.92 Å². The molecule has 0 saturated carbocycles. The van der Waals surface area contributed by atoms with Gasteiger partial charge in [-0.05, 0) is 61.4 Å². The molecule has 0 atom stereocenters. The quantitative estimate of drug-likeness (QED) is 0.186. The lowest BCUT2D eigenvalue weighted by molar-refractivity contribution is 0.0987. The van der Waals surface area contributed by atoms with E-state index >= 15 is 0 Å². The number of unbranched alkanes of at least 4 members (excludes halogenated alkanes) is 1. The number of benzene rings is 3. The van der Waals surface area contributed by atoms with Crippen LogP contribution in [-0.4, -0.2) is 50.5 Å². The van der Waals surface area contributed by atoms with Crippen molar-refractivity contribution in [2.24, 2.45) is 5.10 Å². The van der Waals surface area contributed by atoms with E-state index < -0.39 is 15.9 Å². The van der Waals surface area contributed by atoms with Crippen molar-refractivity contribution in [3.05, 3.63) is 83.4 Å². The number of rotatable bonds is 10. The topological polar surface area (TPSA) is 92.2 Å². The average Bonchev–Trinajstić information content (AvgIpc) is 3.35. The van der Waals surface area contributed by atoms with Crippen LogP contribution in [0.15, 0.2) is 76.7 Å². The summed E-state index contributed by atoms with van der Waals surface area (Å²) in [5.41, 5.74) is 2.95. The Morgan fingerprint density at radius 3 is 2.45 bits per heavy atom. The number of carbonyl (C=O) groups excluding carboxylic acids is 1. The number of ether oxygens (including phenoxy) is 1. The number of carbonyl (C=O) groups is 1. The van der Waals surface area contributed by atoms with Gasteiger partial charge < -0.3 is 4.74 Å². The van der Waals surface area contributed by atoms with Crippen molar-refractivity contribution in [1.29, 1.82) is 0 Å². The summed E-state index contributed by atoms with van der Waals surface area (Å²) in [5.74, 6) is 0.261. The molecule has 0 spiro atoms. The molecule has 1 amide bonds. The maximum Gasteiger partial charge on any atom is 0.280 e. The molecule has 0 fully saturated rings. The predicted molar refractivity (Wildman–Crippen MR) is 153 cm³/mol. The second-order valence-corrected chi connectivity index (χ2v) is 11.9. The Balaban J connectivity index is 1.68. The number of aryl methyl sites for hydroxylation is 1. The Hall–Kier alpha value is -3.60. The molecule has 38 heavy (non-hydrogen) atoms. The van der Waals surface area contributed by atoms with Gasteiger partial charge in [-0.3, -0.25) is 4.79 Å². The molecule has 4 rings (SSSR count). The van der Waals surface area contributed by atoms with Crippen molar-refractivity contribution in [3.63, 3.8) is 0 Å². The number of fused-ring (bicyclic) bond motifs is 1. The standard InChI is InChI=1S/C28H30N4O4S2/c1-5-6-17-31(3)38(34,35)24-14-11-22(12-15-24)27(33)32(29-19-21-9-7-20(2)8-10-21)28-30-25-16-13-23(36-4)18-26(25)37-28/h7-16,18-19H,5-6,17H2,1-4H3/b29-19+. The highest BCUT2D eigenvalue weighted by molar-refractivity contribution is 7.89. The summed E-state index contributed by atoms with van der Waals surface area (Å²) < 4.78 is 33.3. The normalized spacial score (nSPS) is 11.9. The first kappa shape index (κ1) is 27.4. The van der Waals surface area contributed by atoms with Gasteiger partial charge in [0.15, 0.2) is 0 Å². The molecule has 0 unspecified atom stereocenters. The molecular weight excluding hydrogens is 520 g/mol. The third kappa shape index (κ3) is 6.09. The summed E-state index contributed by atoms with van der Waals surface area (Å²) in [7, 11) is -0.487. The first-order chi connectivity index (χ1) is 18.2. The third-order valence-electron chi connectivity index (χ3n) is 5.99. The van der Waals surface area contributed by atoms with E-state index in [1.165, 1.54) is 44.9 Å². The van der Waals surface area contributed by atoms with Gasteiger partial charge in [0.25, 0.3) is 5.91 Å². The number of hydrazone groups is 1. The van der Waals surface area contributed by atoms with Crippen LogP contribution in [0.5, 0.6) is 5.75 Å². The van der Waals surface area contributed by atoms with Crippen LogP contribution in [0.25, 0.3) is 10.2 Å². The minimum absolute atomic E-state index is 0.134. The van der Waals surface area contributed by atoms with Gasteiger partial charge in [0.2, 0.25) is 15.2 Å². The van der Waals surface area contributed by atoms with Gasteiger partial charge in [-0.1, -0.05) is 54.5 Å². The number of thiazole rings is 1. The smallest absolute Gasteiger partial charge is 0.280 e. The number of sulfonamides is 1. The zero-order chi connectivity index (χ0) is 27.3. The molecule has 0 N–H and O–H groups in total. The molecule has 4 aromatic rings. The lowest BCUT2D eigenvalue weighted by atomic mass is 10.2. The van der Waals surface area contributed by atoms with E-state index in [0.717, 1.165) is 28.7 Å². The fraction of sp³-hybridized carbons (Fsp3) is 0.250. The van der Waals surface area contributed by atoms with E-state index in [0.29, 0.717) is 22.9 Å². The zero-order valence-corrected chi connectivity index (χ0v) is 23.4. The highest BCUT2D eigenvalue weighted by Crippen LogP contribution is 2.32. The fourth-order valence-corrected chi connectivity index (χ4v) is 5.81. The average molecular weight is 551 g/mol. The zero-order valence-electron chi connectivity index (χ0n) is 21.8. The van der Waals surface area contributed by atoms with Crippen molar-refractivity contribution < 1.29 is 17.9 Å². The van der Waals surface area contributed by atoms with Crippen molar-refractivity contribution >= 4 is 48.8 Å². The number of amides is 1. The molecule has 1 heterocycles. The molecule has 10 heteroatoms. The Kier molecular flexibility index (Phi) is 8.55. The molecule has 1 aromatic heterocycles. The van der Waals surface area contributed by atoms with E-state index in [1.807, 2.05) is 56.3 Å². The van der Waals surface area contributed by atoms with Gasteiger partial charge in [0, 0.05) is 19.2 Å². The van der Waals surface area contributed by atoms with E-state index in [-0.39, 0.29) is 10.5 Å². The van der Waals surface area contributed by atoms with Crippen LogP contribution in [0.2, 0.25) is 0 Å². The number of aromatic nitrogens is 1. The lowest BCUT2D eigenvalue weighted by Gasteiger charge is -2.17. The van der Waals surface area contributed by atoms with Gasteiger partial charge in [-0.15, -0.1) is 0 Å². The predicted octanol–water partition coefficient (Wildman–Crippen LogP) is 5.71. The molecule has 0 radical (unpaired) electrons. The van der Waals surface area contributed by atoms with Crippen LogP contribution in [0.4, 0.5) is 5.13 Å². The second kappa shape index (κ2) is 11.8. The van der Waals surface area contributed by atoms with Crippen LogP contribution in [0.3, 0.4) is 0 Å². The first-order valence-corrected chi connectivity index (χ1v) is 14.4. The Labute approximate surface area is 227 Å². The van der Waals surface area contributed by atoms with Crippen LogP contribution in [-0.2, 0) is 10.0 Å². The second-order valence-electron chi connectivity index (χ2n) is 8.81. The molecule has 8 nitrogen and oxygen atoms in total.